The van der Waals surface area contributed by atoms with Gasteiger partial charge < -0.3 is 14.8 Å². The topological polar surface area (TPSA) is 30.5 Å². The molecule has 0 radical (unpaired) electrons. The zero-order valence-electron chi connectivity index (χ0n) is 10.5. The van der Waals surface area contributed by atoms with Gasteiger partial charge in [-0.1, -0.05) is 18.2 Å². The predicted molar refractivity (Wildman–Crippen MR) is 70.2 cm³/mol. The maximum Gasteiger partial charge on any atom is 0.172 e. The van der Waals surface area contributed by atoms with Crippen molar-refractivity contribution in [3.63, 3.8) is 0 Å². The molecule has 1 heterocycles. The van der Waals surface area contributed by atoms with Crippen LogP contribution < -0.4 is 14.8 Å². The Morgan fingerprint density at radius 3 is 2.79 bits per heavy atom. The highest BCUT2D eigenvalue weighted by Gasteiger charge is 2.24. The first-order valence-electron chi connectivity index (χ1n) is 6.15. The summed E-state index contributed by atoms with van der Waals surface area (Å²) < 4.78 is 25.0. The molecule has 3 nitrogen and oxygen atoms in total. The van der Waals surface area contributed by atoms with Gasteiger partial charge in [-0.25, -0.2) is 4.39 Å². The molecule has 0 spiro atoms. The monoisotopic (exact) mass is 259 g/mol. The number of hydrogen-bond donors (Lipinski definition) is 1. The van der Waals surface area contributed by atoms with Crippen molar-refractivity contribution in [1.82, 2.24) is 5.32 Å². The van der Waals surface area contributed by atoms with E-state index >= 15 is 0 Å². The van der Waals surface area contributed by atoms with Gasteiger partial charge in [0.25, 0.3) is 0 Å². The van der Waals surface area contributed by atoms with E-state index in [1.165, 1.54) is 12.1 Å². The van der Waals surface area contributed by atoms with Crippen LogP contribution in [-0.2, 0) is 0 Å². The average Bonchev–Trinajstić information content (AvgIpc) is 2.56. The first-order chi connectivity index (χ1) is 9.28. The van der Waals surface area contributed by atoms with E-state index in [0.29, 0.717) is 23.8 Å². The third-order valence-corrected chi connectivity index (χ3v) is 3.05. The number of halogens is 1. The lowest BCUT2D eigenvalue weighted by atomic mass is 10.1. The SMILES string of the molecule is CNC[C@H]1Oc2ccc(F)cc2Oc2ccccc21. The molecule has 1 atom stereocenters. The zero-order chi connectivity index (χ0) is 13.2. The van der Waals surface area contributed by atoms with Gasteiger partial charge in [0, 0.05) is 18.2 Å². The maximum atomic E-state index is 13.3. The molecule has 0 bridgehead atoms. The number of benzene rings is 2. The highest BCUT2D eigenvalue weighted by Crippen LogP contribution is 2.41. The molecular formula is C15H14FNO2. The summed E-state index contributed by atoms with van der Waals surface area (Å²) in [5.74, 6) is 1.32. The van der Waals surface area contributed by atoms with E-state index < -0.39 is 0 Å². The fourth-order valence-electron chi connectivity index (χ4n) is 2.17. The van der Waals surface area contributed by atoms with Crippen molar-refractivity contribution in [2.24, 2.45) is 0 Å². The molecule has 4 heteroatoms. The molecule has 3 rings (SSSR count). The van der Waals surface area contributed by atoms with E-state index in [2.05, 4.69) is 5.32 Å². The van der Waals surface area contributed by atoms with Crippen LogP contribution in [0.3, 0.4) is 0 Å². The molecule has 2 aromatic rings. The van der Waals surface area contributed by atoms with Gasteiger partial charge in [-0.15, -0.1) is 0 Å². The van der Waals surface area contributed by atoms with E-state index in [1.54, 1.807) is 6.07 Å². The van der Waals surface area contributed by atoms with E-state index in [1.807, 2.05) is 31.3 Å². The van der Waals surface area contributed by atoms with Gasteiger partial charge in [-0.2, -0.15) is 0 Å². The molecule has 2 aromatic carbocycles. The maximum absolute atomic E-state index is 13.3. The quantitative estimate of drug-likeness (QED) is 0.897. The zero-order valence-corrected chi connectivity index (χ0v) is 10.5. The van der Waals surface area contributed by atoms with Gasteiger partial charge in [0.2, 0.25) is 0 Å². The van der Waals surface area contributed by atoms with Crippen molar-refractivity contribution < 1.29 is 13.9 Å². The Hall–Kier alpha value is -2.07. The number of likely N-dealkylation sites (N-methyl/N-ethyl adjacent to an activating group) is 1. The molecule has 1 aliphatic heterocycles. The van der Waals surface area contributed by atoms with Gasteiger partial charge in [0.1, 0.15) is 17.7 Å². The molecule has 0 saturated carbocycles. The normalized spacial score (nSPS) is 16.6. The van der Waals surface area contributed by atoms with Gasteiger partial charge in [-0.05, 0) is 25.2 Å². The summed E-state index contributed by atoms with van der Waals surface area (Å²) in [5, 5.41) is 3.09. The molecule has 0 aromatic heterocycles. The van der Waals surface area contributed by atoms with Crippen LogP contribution in [0.25, 0.3) is 0 Å². The number of para-hydroxylation sites is 1. The van der Waals surface area contributed by atoms with Crippen LogP contribution in [0, 0.1) is 5.82 Å². The van der Waals surface area contributed by atoms with E-state index in [9.17, 15) is 4.39 Å². The van der Waals surface area contributed by atoms with Gasteiger partial charge >= 0.3 is 0 Å². The molecule has 0 unspecified atom stereocenters. The predicted octanol–water partition coefficient (Wildman–Crippen LogP) is 3.27. The minimum Gasteiger partial charge on any atom is -0.480 e. The van der Waals surface area contributed by atoms with Crippen molar-refractivity contribution in [2.75, 3.05) is 13.6 Å². The first-order valence-corrected chi connectivity index (χ1v) is 6.15. The summed E-state index contributed by atoms with van der Waals surface area (Å²) in [6, 6.07) is 12.0. The lowest BCUT2D eigenvalue weighted by Gasteiger charge is -2.17. The Kier molecular flexibility index (Phi) is 3.09. The second-order valence-electron chi connectivity index (χ2n) is 4.40. The Bertz CT molecular complexity index is 600. The summed E-state index contributed by atoms with van der Waals surface area (Å²) >= 11 is 0. The Morgan fingerprint density at radius 1 is 1.11 bits per heavy atom. The number of hydrogen-bond acceptors (Lipinski definition) is 3. The molecule has 0 aliphatic carbocycles. The van der Waals surface area contributed by atoms with Crippen LogP contribution in [0.1, 0.15) is 11.7 Å². The number of fused-ring (bicyclic) bond motifs is 2. The average molecular weight is 259 g/mol. The number of ether oxygens (including phenoxy) is 2. The van der Waals surface area contributed by atoms with Crippen LogP contribution >= 0.6 is 0 Å². The van der Waals surface area contributed by atoms with Crippen LogP contribution in [0.5, 0.6) is 17.2 Å². The minimum absolute atomic E-state index is 0.159. The summed E-state index contributed by atoms with van der Waals surface area (Å²) in [4.78, 5) is 0. The van der Waals surface area contributed by atoms with Crippen LogP contribution in [0.4, 0.5) is 4.39 Å². The van der Waals surface area contributed by atoms with Crippen molar-refractivity contribution in [3.05, 3.63) is 53.8 Å². The summed E-state index contributed by atoms with van der Waals surface area (Å²) in [6.45, 7) is 0.650. The molecule has 0 amide bonds. The summed E-state index contributed by atoms with van der Waals surface area (Å²) in [5.41, 5.74) is 0.952. The van der Waals surface area contributed by atoms with E-state index in [4.69, 9.17) is 9.47 Å². The second kappa shape index (κ2) is 4.90. The fourth-order valence-corrected chi connectivity index (χ4v) is 2.17. The molecular weight excluding hydrogens is 245 g/mol. The standard InChI is InChI=1S/C15H14FNO2/c1-17-9-15-11-4-2-3-5-12(11)18-14-8-10(16)6-7-13(14)19-15/h2-8,15,17H,9H2,1H3/t15-/m1/s1. The minimum atomic E-state index is -0.341. The highest BCUT2D eigenvalue weighted by molar-refractivity contribution is 5.48. The van der Waals surface area contributed by atoms with Crippen molar-refractivity contribution in [1.29, 1.82) is 0 Å². The molecule has 0 saturated heterocycles. The van der Waals surface area contributed by atoms with Crippen molar-refractivity contribution >= 4 is 0 Å². The Labute approximate surface area is 111 Å². The molecule has 98 valence electrons. The fraction of sp³-hybridized carbons (Fsp3) is 0.200. The Morgan fingerprint density at radius 2 is 1.95 bits per heavy atom. The number of nitrogens with one attached hydrogen (secondary N) is 1. The van der Waals surface area contributed by atoms with Gasteiger partial charge in [0.15, 0.2) is 11.5 Å². The van der Waals surface area contributed by atoms with Crippen LogP contribution in [-0.4, -0.2) is 13.6 Å². The highest BCUT2D eigenvalue weighted by atomic mass is 19.1. The van der Waals surface area contributed by atoms with E-state index in [-0.39, 0.29) is 11.9 Å². The third-order valence-electron chi connectivity index (χ3n) is 3.05. The smallest absolute Gasteiger partial charge is 0.172 e. The van der Waals surface area contributed by atoms with Crippen LogP contribution in [0.2, 0.25) is 0 Å². The van der Waals surface area contributed by atoms with E-state index in [0.717, 1.165) is 5.56 Å². The molecule has 0 fully saturated rings. The molecule has 1 aliphatic rings. The summed E-state index contributed by atoms with van der Waals surface area (Å²) in [6.07, 6.45) is -0.159. The van der Waals surface area contributed by atoms with Crippen molar-refractivity contribution in [2.45, 2.75) is 6.10 Å². The second-order valence-corrected chi connectivity index (χ2v) is 4.40. The number of rotatable bonds is 2. The molecule has 1 N–H and O–H groups in total. The van der Waals surface area contributed by atoms with Gasteiger partial charge in [0.05, 0.1) is 0 Å². The lowest BCUT2D eigenvalue weighted by molar-refractivity contribution is 0.207. The first kappa shape index (κ1) is 12.0. The third kappa shape index (κ3) is 2.27. The van der Waals surface area contributed by atoms with Gasteiger partial charge in [-0.3, -0.25) is 0 Å². The van der Waals surface area contributed by atoms with Crippen LogP contribution in [0.15, 0.2) is 42.5 Å². The largest absolute Gasteiger partial charge is 0.480 e. The summed E-state index contributed by atoms with van der Waals surface area (Å²) in [7, 11) is 1.86. The lowest BCUT2D eigenvalue weighted by Crippen LogP contribution is -2.21. The molecule has 19 heavy (non-hydrogen) atoms. The van der Waals surface area contributed by atoms with Crippen molar-refractivity contribution in [3.8, 4) is 17.2 Å². The Balaban J connectivity index is 2.09.